The average molecular weight is 575 g/mol. The number of hydrogen-bond donors (Lipinski definition) is 2. The number of guanidine groups is 1. The fourth-order valence-electron chi connectivity index (χ4n) is 3.91. The number of morpholine rings is 1. The summed E-state index contributed by atoms with van der Waals surface area (Å²) < 4.78 is 5.44. The molecule has 3 aromatic rings. The first-order valence-electron chi connectivity index (χ1n) is 11.7. The molecule has 7 nitrogen and oxygen atoms in total. The second-order valence-corrected chi connectivity index (χ2v) is 8.34. The van der Waals surface area contributed by atoms with Crippen LogP contribution >= 0.6 is 24.0 Å². The van der Waals surface area contributed by atoms with E-state index in [1.165, 1.54) is 11.1 Å². The highest BCUT2D eigenvalue weighted by Crippen LogP contribution is 2.16. The van der Waals surface area contributed by atoms with E-state index in [1.54, 1.807) is 0 Å². The van der Waals surface area contributed by atoms with Crippen LogP contribution in [0.1, 0.15) is 23.9 Å². The third-order valence-corrected chi connectivity index (χ3v) is 5.74. The zero-order valence-electron chi connectivity index (χ0n) is 20.0. The number of nitrogens with zero attached hydrogens (tertiary/aromatic N) is 4. The minimum absolute atomic E-state index is 0. The number of halogens is 1. The Labute approximate surface area is 219 Å². The topological polar surface area (TPSA) is 68.8 Å². The third kappa shape index (κ3) is 7.54. The fraction of sp³-hybridized carbons (Fsp3) is 0.385. The number of aliphatic imine (C=N–C) groups is 1. The molecule has 0 amide bonds. The van der Waals surface area contributed by atoms with Gasteiger partial charge in [0, 0.05) is 33.2 Å². The van der Waals surface area contributed by atoms with Crippen molar-refractivity contribution < 1.29 is 4.74 Å². The Kier molecular flexibility index (Phi) is 10.4. The summed E-state index contributed by atoms with van der Waals surface area (Å²) in [5, 5.41) is 3.39. The number of aromatic amines is 1. The summed E-state index contributed by atoms with van der Waals surface area (Å²) in [5.74, 6) is 1.78. The third-order valence-electron chi connectivity index (χ3n) is 5.74. The van der Waals surface area contributed by atoms with Gasteiger partial charge in [0.2, 0.25) is 0 Å². The highest BCUT2D eigenvalue weighted by atomic mass is 127. The van der Waals surface area contributed by atoms with E-state index in [-0.39, 0.29) is 24.0 Å². The second kappa shape index (κ2) is 13.5. The summed E-state index contributed by atoms with van der Waals surface area (Å²) >= 11 is 0. The van der Waals surface area contributed by atoms with Gasteiger partial charge in [-0.25, -0.2) is 9.98 Å². The fourth-order valence-corrected chi connectivity index (χ4v) is 3.91. The maximum Gasteiger partial charge on any atom is 0.194 e. The van der Waals surface area contributed by atoms with Gasteiger partial charge in [0.15, 0.2) is 5.96 Å². The molecule has 8 heteroatoms. The number of nitrogens with one attached hydrogen (secondary N) is 2. The number of hydrogen-bond acceptors (Lipinski definition) is 4. The van der Waals surface area contributed by atoms with Crippen molar-refractivity contribution >= 4 is 29.9 Å². The van der Waals surface area contributed by atoms with E-state index in [9.17, 15) is 0 Å². The molecule has 0 atom stereocenters. The first-order valence-corrected chi connectivity index (χ1v) is 11.7. The summed E-state index contributed by atoms with van der Waals surface area (Å²) in [6.07, 6.45) is 1.89. The number of imidazole rings is 1. The van der Waals surface area contributed by atoms with Crippen molar-refractivity contribution in [3.63, 3.8) is 0 Å². The molecule has 4 rings (SSSR count). The van der Waals surface area contributed by atoms with Gasteiger partial charge in [-0.3, -0.25) is 4.90 Å². The van der Waals surface area contributed by atoms with Gasteiger partial charge in [-0.2, -0.15) is 0 Å². The predicted molar refractivity (Wildman–Crippen MR) is 148 cm³/mol. The van der Waals surface area contributed by atoms with E-state index in [4.69, 9.17) is 9.73 Å². The smallest absolute Gasteiger partial charge is 0.194 e. The lowest BCUT2D eigenvalue weighted by Gasteiger charge is -2.26. The van der Waals surface area contributed by atoms with Crippen molar-refractivity contribution in [2.45, 2.75) is 26.6 Å². The van der Waals surface area contributed by atoms with Gasteiger partial charge >= 0.3 is 0 Å². The van der Waals surface area contributed by atoms with E-state index in [2.05, 4.69) is 68.4 Å². The molecule has 2 N–H and O–H groups in total. The van der Waals surface area contributed by atoms with Gasteiger partial charge in [0.05, 0.1) is 38.2 Å². The lowest BCUT2D eigenvalue weighted by Crippen LogP contribution is -2.38. The van der Waals surface area contributed by atoms with E-state index in [1.807, 2.05) is 31.4 Å². The molecule has 1 aliphatic rings. The van der Waals surface area contributed by atoms with Crippen molar-refractivity contribution in [3.05, 3.63) is 77.7 Å². The molecule has 1 saturated heterocycles. The van der Waals surface area contributed by atoms with Crippen LogP contribution in [0.2, 0.25) is 0 Å². The summed E-state index contributed by atoms with van der Waals surface area (Å²) in [5.41, 5.74) is 4.70. The van der Waals surface area contributed by atoms with Crippen LogP contribution in [0.4, 0.5) is 0 Å². The van der Waals surface area contributed by atoms with E-state index < -0.39 is 0 Å². The zero-order valence-corrected chi connectivity index (χ0v) is 22.4. The molecule has 2 heterocycles. The molecule has 182 valence electrons. The van der Waals surface area contributed by atoms with Crippen LogP contribution in [0.15, 0.2) is 65.8 Å². The second-order valence-electron chi connectivity index (χ2n) is 8.34. The number of aromatic nitrogens is 2. The van der Waals surface area contributed by atoms with E-state index >= 15 is 0 Å². The van der Waals surface area contributed by atoms with Gasteiger partial charge < -0.3 is 19.9 Å². The monoisotopic (exact) mass is 574 g/mol. The summed E-state index contributed by atoms with van der Waals surface area (Å²) in [6, 6.07) is 19.0. The first-order chi connectivity index (χ1) is 16.2. The Morgan fingerprint density at radius 1 is 1.09 bits per heavy atom. The van der Waals surface area contributed by atoms with Crippen molar-refractivity contribution in [3.8, 4) is 11.3 Å². The molecule has 0 radical (unpaired) electrons. The molecule has 1 aromatic heterocycles. The average Bonchev–Trinajstić information content (AvgIpc) is 3.32. The van der Waals surface area contributed by atoms with Gasteiger partial charge in [0.1, 0.15) is 5.82 Å². The first kappa shape index (κ1) is 26.2. The molecular formula is C26H35IN6O. The molecule has 2 aromatic carbocycles. The molecule has 0 bridgehead atoms. The number of rotatable bonds is 8. The summed E-state index contributed by atoms with van der Waals surface area (Å²) in [4.78, 5) is 17.4. The Morgan fingerprint density at radius 2 is 1.79 bits per heavy atom. The molecule has 0 aliphatic carbocycles. The molecular weight excluding hydrogens is 539 g/mol. The molecule has 1 fully saturated rings. The van der Waals surface area contributed by atoms with Crippen LogP contribution in [0.3, 0.4) is 0 Å². The maximum absolute atomic E-state index is 5.44. The molecule has 1 aliphatic heterocycles. The van der Waals surface area contributed by atoms with Gasteiger partial charge in [0.25, 0.3) is 0 Å². The van der Waals surface area contributed by atoms with Gasteiger partial charge in [-0.15, -0.1) is 24.0 Å². The Morgan fingerprint density at radius 3 is 2.50 bits per heavy atom. The highest BCUT2D eigenvalue weighted by Gasteiger charge is 2.12. The highest BCUT2D eigenvalue weighted by molar-refractivity contribution is 14.0. The van der Waals surface area contributed by atoms with E-state index in [0.717, 1.165) is 62.4 Å². The van der Waals surface area contributed by atoms with Gasteiger partial charge in [-0.05, 0) is 23.6 Å². The lowest BCUT2D eigenvalue weighted by molar-refractivity contribution is 0.0342. The minimum atomic E-state index is 0. The summed E-state index contributed by atoms with van der Waals surface area (Å²) in [7, 11) is 2.04. The Hall–Kier alpha value is -2.43. The predicted octanol–water partition coefficient (Wildman–Crippen LogP) is 4.12. The minimum Gasteiger partial charge on any atom is -0.379 e. The molecule has 0 unspecified atom stereocenters. The Bertz CT molecular complexity index is 1020. The quantitative estimate of drug-likeness (QED) is 0.241. The van der Waals surface area contributed by atoms with Crippen molar-refractivity contribution in [1.82, 2.24) is 25.1 Å². The van der Waals surface area contributed by atoms with Crippen molar-refractivity contribution in [1.29, 1.82) is 0 Å². The van der Waals surface area contributed by atoms with Gasteiger partial charge in [-0.1, -0.05) is 54.6 Å². The maximum atomic E-state index is 5.44. The van der Waals surface area contributed by atoms with Crippen LogP contribution in [-0.2, 0) is 24.4 Å². The standard InChI is InChI=1S/C26H34N6O.HI/c1-3-27-26(31(2)20-25-28-18-24(30-25)23-7-5-4-6-8-23)29-17-21-9-11-22(12-10-21)19-32-13-15-33-16-14-32;/h4-12,18H,3,13-17,19-20H2,1-2H3,(H,27,29)(H,28,30);1H. The SMILES string of the molecule is CCNC(=NCc1ccc(CN2CCOCC2)cc1)N(C)Cc1ncc(-c2ccccc2)[nH]1.I. The van der Waals surface area contributed by atoms with E-state index in [0.29, 0.717) is 13.1 Å². The summed E-state index contributed by atoms with van der Waals surface area (Å²) in [6.45, 7) is 8.85. The zero-order chi connectivity index (χ0) is 22.9. The number of H-pyrrole nitrogens is 1. The molecule has 0 saturated carbocycles. The van der Waals surface area contributed by atoms with Crippen LogP contribution in [-0.4, -0.2) is 65.6 Å². The lowest BCUT2D eigenvalue weighted by atomic mass is 10.1. The largest absolute Gasteiger partial charge is 0.379 e. The van der Waals surface area contributed by atoms with Crippen LogP contribution < -0.4 is 5.32 Å². The van der Waals surface area contributed by atoms with Crippen LogP contribution in [0.25, 0.3) is 11.3 Å². The Balaban J connectivity index is 0.00000324. The van der Waals surface area contributed by atoms with Crippen molar-refractivity contribution in [2.75, 3.05) is 39.9 Å². The number of ether oxygens (including phenoxy) is 1. The van der Waals surface area contributed by atoms with Crippen LogP contribution in [0, 0.1) is 0 Å². The van der Waals surface area contributed by atoms with Crippen LogP contribution in [0.5, 0.6) is 0 Å². The molecule has 0 spiro atoms. The number of benzene rings is 2. The van der Waals surface area contributed by atoms with Crippen molar-refractivity contribution in [2.24, 2.45) is 4.99 Å². The normalized spacial score (nSPS) is 14.5. The molecule has 34 heavy (non-hydrogen) atoms.